The minimum atomic E-state index is -0.573. The van der Waals surface area contributed by atoms with Crippen molar-refractivity contribution >= 4 is 35.0 Å². The highest BCUT2D eigenvalue weighted by Crippen LogP contribution is 2.45. The van der Waals surface area contributed by atoms with E-state index in [2.05, 4.69) is 29.6 Å². The number of carbonyl (C=O) groups is 3. The summed E-state index contributed by atoms with van der Waals surface area (Å²) in [5.74, 6) is -0.0590. The van der Waals surface area contributed by atoms with Gasteiger partial charge in [0.1, 0.15) is 30.3 Å². The van der Waals surface area contributed by atoms with Crippen LogP contribution < -0.4 is 5.32 Å². The molecule has 0 aromatic heterocycles. The van der Waals surface area contributed by atoms with E-state index in [0.717, 1.165) is 39.8 Å². The highest BCUT2D eigenvalue weighted by atomic mass is 16.6. The Morgan fingerprint density at radius 2 is 1.45 bits per heavy atom. The van der Waals surface area contributed by atoms with Crippen molar-refractivity contribution in [3.8, 4) is 11.1 Å². The van der Waals surface area contributed by atoms with Crippen molar-refractivity contribution in [1.82, 2.24) is 5.32 Å². The fourth-order valence-corrected chi connectivity index (χ4v) is 6.46. The van der Waals surface area contributed by atoms with Crippen LogP contribution in [0.3, 0.4) is 0 Å². The van der Waals surface area contributed by atoms with Crippen LogP contribution in [-0.4, -0.2) is 48.9 Å². The number of hydrogen-bond donors (Lipinski definition) is 1. The van der Waals surface area contributed by atoms with Gasteiger partial charge in [-0.05, 0) is 73.2 Å². The fourth-order valence-electron chi connectivity index (χ4n) is 6.46. The number of hydrogen-bond acceptors (Lipinski definition) is 7. The van der Waals surface area contributed by atoms with Gasteiger partial charge in [-0.25, -0.2) is 14.6 Å². The van der Waals surface area contributed by atoms with Gasteiger partial charge in [-0.2, -0.15) is 0 Å². The fraction of sp³-hybridized carbons (Fsp3) is 0.231. The molecule has 3 aliphatic rings. The third-order valence-electron chi connectivity index (χ3n) is 8.84. The zero-order valence-electron chi connectivity index (χ0n) is 26.2. The van der Waals surface area contributed by atoms with Gasteiger partial charge in [0.25, 0.3) is 0 Å². The average Bonchev–Trinajstić information content (AvgIpc) is 3.41. The molecule has 0 bridgehead atoms. The summed E-state index contributed by atoms with van der Waals surface area (Å²) in [4.78, 5) is 43.3. The SMILES string of the molecule is CC1(C)CCC2=C(O1)c1ccccc1C(=Nc1ccc(C(=O)OCCNC(=O)OCC3c4ccccc4-c4ccccc43)cc1)C2=O. The molecule has 236 valence electrons. The first-order valence-corrected chi connectivity index (χ1v) is 15.8. The maximum atomic E-state index is 13.5. The molecular weight excluding hydrogens is 592 g/mol. The van der Waals surface area contributed by atoms with Crippen molar-refractivity contribution in [3.63, 3.8) is 0 Å². The van der Waals surface area contributed by atoms with Crippen LogP contribution in [0, 0.1) is 0 Å². The van der Waals surface area contributed by atoms with Crippen molar-refractivity contribution < 1.29 is 28.6 Å². The predicted molar refractivity (Wildman–Crippen MR) is 179 cm³/mol. The highest BCUT2D eigenvalue weighted by Gasteiger charge is 2.38. The van der Waals surface area contributed by atoms with E-state index in [1.165, 1.54) is 0 Å². The number of fused-ring (bicyclic) bond motifs is 5. The molecule has 4 aromatic carbocycles. The molecule has 1 amide bonds. The Morgan fingerprint density at radius 3 is 2.13 bits per heavy atom. The Labute approximate surface area is 273 Å². The van der Waals surface area contributed by atoms with Crippen LogP contribution in [0.15, 0.2) is 108 Å². The number of esters is 1. The van der Waals surface area contributed by atoms with E-state index in [-0.39, 0.29) is 37.1 Å². The summed E-state index contributed by atoms with van der Waals surface area (Å²) >= 11 is 0. The standard InChI is InChI=1S/C39H34N2O6/c1-39(2)20-19-32-35(42)34(30-13-7-8-14-31(30)36(32)47-39)41-25-17-15-24(16-18-25)37(43)45-22-21-40-38(44)46-23-33-28-11-5-3-9-26(28)27-10-4-6-12-29(27)33/h3-18,33H,19-23H2,1-2H3,(H,40,44). The van der Waals surface area contributed by atoms with Crippen molar-refractivity contribution in [2.75, 3.05) is 19.8 Å². The first-order valence-electron chi connectivity index (χ1n) is 15.8. The molecule has 1 N–H and O–H groups in total. The van der Waals surface area contributed by atoms with E-state index in [0.29, 0.717) is 34.7 Å². The molecule has 0 spiro atoms. The van der Waals surface area contributed by atoms with Crippen LogP contribution in [-0.2, 0) is 19.0 Å². The summed E-state index contributed by atoms with van der Waals surface area (Å²) in [6.07, 6.45) is 0.789. The van der Waals surface area contributed by atoms with E-state index in [4.69, 9.17) is 19.2 Å². The summed E-state index contributed by atoms with van der Waals surface area (Å²) in [5.41, 5.74) is 7.71. The number of benzene rings is 4. The molecule has 8 heteroatoms. The van der Waals surface area contributed by atoms with Crippen LogP contribution in [0.25, 0.3) is 16.9 Å². The van der Waals surface area contributed by atoms with Crippen molar-refractivity contribution in [2.24, 2.45) is 4.99 Å². The number of allylic oxidation sites excluding steroid dienone is 1. The molecule has 2 aliphatic carbocycles. The largest absolute Gasteiger partial charge is 0.487 e. The summed E-state index contributed by atoms with van der Waals surface area (Å²) < 4.78 is 17.1. The van der Waals surface area contributed by atoms with E-state index in [1.807, 2.05) is 62.4 Å². The maximum absolute atomic E-state index is 13.5. The quantitative estimate of drug-likeness (QED) is 0.170. The van der Waals surface area contributed by atoms with E-state index >= 15 is 0 Å². The zero-order valence-corrected chi connectivity index (χ0v) is 26.2. The molecule has 0 radical (unpaired) electrons. The Bertz CT molecular complexity index is 1910. The second-order valence-electron chi connectivity index (χ2n) is 12.4. The smallest absolute Gasteiger partial charge is 0.407 e. The molecular formula is C39H34N2O6. The Morgan fingerprint density at radius 1 is 0.830 bits per heavy atom. The van der Waals surface area contributed by atoms with Gasteiger partial charge in [-0.3, -0.25) is 4.79 Å². The van der Waals surface area contributed by atoms with Crippen molar-refractivity contribution in [3.05, 3.63) is 130 Å². The average molecular weight is 627 g/mol. The summed E-state index contributed by atoms with van der Waals surface area (Å²) in [6.45, 7) is 4.35. The lowest BCUT2D eigenvalue weighted by Gasteiger charge is -2.36. The molecule has 47 heavy (non-hydrogen) atoms. The molecule has 1 aliphatic heterocycles. The maximum Gasteiger partial charge on any atom is 0.407 e. The van der Waals surface area contributed by atoms with Crippen LogP contribution in [0.4, 0.5) is 10.5 Å². The van der Waals surface area contributed by atoms with E-state index in [1.54, 1.807) is 24.3 Å². The molecule has 0 saturated carbocycles. The number of amides is 1. The lowest BCUT2D eigenvalue weighted by molar-refractivity contribution is -0.110. The lowest BCUT2D eigenvalue weighted by atomic mass is 9.82. The number of alkyl carbamates (subject to hydrolysis) is 1. The van der Waals surface area contributed by atoms with Crippen LogP contribution in [0.5, 0.6) is 0 Å². The third kappa shape index (κ3) is 5.94. The van der Waals surface area contributed by atoms with Crippen LogP contribution in [0.1, 0.15) is 65.2 Å². The molecule has 0 atom stereocenters. The van der Waals surface area contributed by atoms with Gasteiger partial charge in [0.05, 0.1) is 17.8 Å². The Kier molecular flexibility index (Phi) is 7.93. The summed E-state index contributed by atoms with van der Waals surface area (Å²) in [6, 6.07) is 30.5. The van der Waals surface area contributed by atoms with E-state index < -0.39 is 12.1 Å². The Balaban J connectivity index is 0.928. The minimum absolute atomic E-state index is 0.0192. The topological polar surface area (TPSA) is 103 Å². The number of ether oxygens (including phenoxy) is 3. The number of Topliss-reactive ketones (excluding diaryl/α,β-unsaturated/α-hetero) is 1. The third-order valence-corrected chi connectivity index (χ3v) is 8.84. The van der Waals surface area contributed by atoms with Gasteiger partial charge in [0, 0.05) is 22.6 Å². The zero-order chi connectivity index (χ0) is 32.5. The van der Waals surface area contributed by atoms with Gasteiger partial charge < -0.3 is 19.5 Å². The van der Waals surface area contributed by atoms with Crippen molar-refractivity contribution in [2.45, 2.75) is 38.2 Å². The monoisotopic (exact) mass is 626 g/mol. The lowest BCUT2D eigenvalue weighted by Crippen LogP contribution is -2.34. The highest BCUT2D eigenvalue weighted by molar-refractivity contribution is 6.54. The van der Waals surface area contributed by atoms with Gasteiger partial charge in [0.15, 0.2) is 0 Å². The second-order valence-corrected chi connectivity index (χ2v) is 12.4. The van der Waals surface area contributed by atoms with Crippen molar-refractivity contribution in [1.29, 1.82) is 0 Å². The molecule has 7 rings (SSSR count). The second kappa shape index (κ2) is 12.4. The minimum Gasteiger partial charge on any atom is -0.487 e. The first kappa shape index (κ1) is 30.2. The normalized spacial score (nSPS) is 16.8. The Hall–Kier alpha value is -5.50. The van der Waals surface area contributed by atoms with Gasteiger partial charge in [0.2, 0.25) is 5.78 Å². The van der Waals surface area contributed by atoms with Gasteiger partial charge >= 0.3 is 12.1 Å². The van der Waals surface area contributed by atoms with E-state index in [9.17, 15) is 14.4 Å². The predicted octanol–water partition coefficient (Wildman–Crippen LogP) is 7.39. The number of rotatable bonds is 7. The number of nitrogens with zero attached hydrogens (tertiary/aromatic N) is 1. The molecule has 0 fully saturated rings. The number of ketones is 1. The number of nitrogens with one attached hydrogen (secondary N) is 1. The summed E-state index contributed by atoms with van der Waals surface area (Å²) in [5, 5.41) is 2.65. The molecule has 0 unspecified atom stereocenters. The molecule has 0 saturated heterocycles. The first-order chi connectivity index (χ1) is 22.8. The molecule has 8 nitrogen and oxygen atoms in total. The summed E-state index contributed by atoms with van der Waals surface area (Å²) in [7, 11) is 0. The van der Waals surface area contributed by atoms with Crippen LogP contribution in [0.2, 0.25) is 0 Å². The van der Waals surface area contributed by atoms with Gasteiger partial charge in [-0.1, -0.05) is 72.8 Å². The molecule has 1 heterocycles. The van der Waals surface area contributed by atoms with Gasteiger partial charge in [-0.15, -0.1) is 0 Å². The number of carbonyl (C=O) groups excluding carboxylic acids is 3. The molecule has 4 aromatic rings. The van der Waals surface area contributed by atoms with Crippen LogP contribution >= 0.6 is 0 Å². The number of aliphatic imine (C=N–C) groups is 1.